The van der Waals surface area contributed by atoms with Gasteiger partial charge >= 0.3 is 0 Å². The summed E-state index contributed by atoms with van der Waals surface area (Å²) in [4.78, 5) is 13.4. The average molecular weight is 187 g/mol. The Morgan fingerprint density at radius 3 is 2.93 bits per heavy atom. The van der Waals surface area contributed by atoms with Gasteiger partial charge in [0, 0.05) is 18.8 Å². The van der Waals surface area contributed by atoms with Gasteiger partial charge in [-0.15, -0.1) is 0 Å². The molecule has 2 heteroatoms. The van der Waals surface area contributed by atoms with Gasteiger partial charge in [0.2, 0.25) is 0 Å². The van der Waals surface area contributed by atoms with Gasteiger partial charge < -0.3 is 4.90 Å². The monoisotopic (exact) mass is 187 g/mol. The molecule has 0 unspecified atom stereocenters. The third-order valence-electron chi connectivity index (χ3n) is 2.48. The van der Waals surface area contributed by atoms with Gasteiger partial charge in [0.15, 0.2) is 0 Å². The van der Waals surface area contributed by atoms with Crippen molar-refractivity contribution in [2.75, 3.05) is 7.05 Å². The maximum atomic E-state index is 11.8. The summed E-state index contributed by atoms with van der Waals surface area (Å²) in [6.07, 6.45) is 4.69. The molecule has 0 saturated heterocycles. The van der Waals surface area contributed by atoms with Crippen molar-refractivity contribution in [1.29, 1.82) is 0 Å². The van der Waals surface area contributed by atoms with Crippen molar-refractivity contribution in [2.24, 2.45) is 0 Å². The van der Waals surface area contributed by atoms with Crippen molar-refractivity contribution in [2.45, 2.75) is 13.3 Å². The van der Waals surface area contributed by atoms with Crippen LogP contribution in [0.4, 0.5) is 0 Å². The summed E-state index contributed by atoms with van der Waals surface area (Å²) in [7, 11) is 1.79. The minimum Gasteiger partial charge on any atom is -0.318 e. The third-order valence-corrected chi connectivity index (χ3v) is 2.48. The van der Waals surface area contributed by atoms with Crippen LogP contribution in [0.1, 0.15) is 21.5 Å². The molecule has 0 saturated carbocycles. The number of hydrogen-bond donors (Lipinski definition) is 0. The Kier molecular flexibility index (Phi) is 2.12. The summed E-state index contributed by atoms with van der Waals surface area (Å²) in [5, 5.41) is 0. The van der Waals surface area contributed by atoms with Crippen LogP contribution in [0.2, 0.25) is 0 Å². The van der Waals surface area contributed by atoms with Crippen molar-refractivity contribution in [3.63, 3.8) is 0 Å². The molecule has 0 radical (unpaired) electrons. The number of aryl methyl sites for hydroxylation is 1. The van der Waals surface area contributed by atoms with Gasteiger partial charge in [-0.2, -0.15) is 0 Å². The van der Waals surface area contributed by atoms with E-state index >= 15 is 0 Å². The molecule has 0 aromatic heterocycles. The Labute approximate surface area is 83.8 Å². The molecule has 1 aliphatic rings. The van der Waals surface area contributed by atoms with E-state index in [1.165, 1.54) is 5.56 Å². The van der Waals surface area contributed by atoms with E-state index in [-0.39, 0.29) is 5.91 Å². The quantitative estimate of drug-likeness (QED) is 0.609. The maximum Gasteiger partial charge on any atom is 0.257 e. The molecule has 1 heterocycles. The van der Waals surface area contributed by atoms with Gasteiger partial charge in [0.25, 0.3) is 5.91 Å². The number of rotatable bonds is 0. The Morgan fingerprint density at radius 2 is 2.14 bits per heavy atom. The molecule has 0 fully saturated rings. The van der Waals surface area contributed by atoms with E-state index in [0.717, 1.165) is 17.5 Å². The van der Waals surface area contributed by atoms with Crippen molar-refractivity contribution < 1.29 is 4.79 Å². The number of carbonyl (C=O) groups excluding carboxylic acids is 1. The number of fused-ring (bicyclic) bond motifs is 1. The lowest BCUT2D eigenvalue weighted by Crippen LogP contribution is -2.20. The second-order valence-corrected chi connectivity index (χ2v) is 3.67. The first kappa shape index (κ1) is 9.00. The first-order chi connectivity index (χ1) is 6.68. The first-order valence-corrected chi connectivity index (χ1v) is 4.72. The van der Waals surface area contributed by atoms with Gasteiger partial charge in [0.05, 0.1) is 0 Å². The molecule has 2 rings (SSSR count). The molecule has 0 atom stereocenters. The van der Waals surface area contributed by atoms with Crippen LogP contribution < -0.4 is 0 Å². The fourth-order valence-electron chi connectivity index (χ4n) is 1.70. The van der Waals surface area contributed by atoms with E-state index < -0.39 is 0 Å². The molecule has 0 aliphatic carbocycles. The van der Waals surface area contributed by atoms with Crippen LogP contribution in [-0.2, 0) is 6.42 Å². The Hall–Kier alpha value is -1.57. The largest absolute Gasteiger partial charge is 0.318 e. The van der Waals surface area contributed by atoms with Crippen molar-refractivity contribution in [3.05, 3.63) is 47.2 Å². The fraction of sp³-hybridized carbons (Fsp3) is 0.250. The molecule has 2 nitrogen and oxygen atoms in total. The molecular weight excluding hydrogens is 174 g/mol. The highest BCUT2D eigenvalue weighted by atomic mass is 16.2. The van der Waals surface area contributed by atoms with Gasteiger partial charge in [-0.25, -0.2) is 0 Å². The van der Waals surface area contributed by atoms with Gasteiger partial charge in [-0.05, 0) is 25.0 Å². The summed E-state index contributed by atoms with van der Waals surface area (Å²) in [5.74, 6) is 0.0775. The van der Waals surface area contributed by atoms with Crippen LogP contribution >= 0.6 is 0 Å². The van der Waals surface area contributed by atoms with E-state index in [9.17, 15) is 4.79 Å². The van der Waals surface area contributed by atoms with Gasteiger partial charge in [0.1, 0.15) is 0 Å². The summed E-state index contributed by atoms with van der Waals surface area (Å²) in [6, 6.07) is 5.98. The minimum atomic E-state index is 0.0775. The smallest absolute Gasteiger partial charge is 0.257 e. The van der Waals surface area contributed by atoms with Crippen LogP contribution in [0.3, 0.4) is 0 Å². The summed E-state index contributed by atoms with van der Waals surface area (Å²) in [6.45, 7) is 2.04. The molecule has 0 bridgehead atoms. The molecular formula is C12H13NO. The average Bonchev–Trinajstić information content (AvgIpc) is 2.28. The fourth-order valence-corrected chi connectivity index (χ4v) is 1.70. The molecule has 0 spiro atoms. The standard InChI is InChI=1S/C12H13NO/c1-9-5-6-11-10(8-9)4-3-7-13(2)12(11)14/h3,5-8H,4H2,1-2H3. The summed E-state index contributed by atoms with van der Waals surface area (Å²) < 4.78 is 0. The zero-order valence-electron chi connectivity index (χ0n) is 8.45. The van der Waals surface area contributed by atoms with Crippen LogP contribution in [0.5, 0.6) is 0 Å². The zero-order valence-corrected chi connectivity index (χ0v) is 8.45. The van der Waals surface area contributed by atoms with E-state index in [1.807, 2.05) is 31.3 Å². The number of allylic oxidation sites excluding steroid dienone is 1. The predicted molar refractivity (Wildman–Crippen MR) is 56.1 cm³/mol. The molecule has 14 heavy (non-hydrogen) atoms. The van der Waals surface area contributed by atoms with Crippen molar-refractivity contribution in [3.8, 4) is 0 Å². The highest BCUT2D eigenvalue weighted by molar-refractivity contribution is 5.96. The predicted octanol–water partition coefficient (Wildman–Crippen LogP) is 2.14. The second kappa shape index (κ2) is 3.29. The number of nitrogens with zero attached hydrogens (tertiary/aromatic N) is 1. The lowest BCUT2D eigenvalue weighted by atomic mass is 10.0. The second-order valence-electron chi connectivity index (χ2n) is 3.67. The van der Waals surface area contributed by atoms with Crippen LogP contribution in [0.25, 0.3) is 0 Å². The van der Waals surface area contributed by atoms with Crippen molar-refractivity contribution >= 4 is 5.91 Å². The summed E-state index contributed by atoms with van der Waals surface area (Å²) >= 11 is 0. The molecule has 1 aromatic rings. The molecule has 1 amide bonds. The number of carbonyl (C=O) groups is 1. The SMILES string of the molecule is Cc1ccc2c(c1)CC=CN(C)C2=O. The Morgan fingerprint density at radius 1 is 1.36 bits per heavy atom. The highest BCUT2D eigenvalue weighted by Crippen LogP contribution is 2.17. The highest BCUT2D eigenvalue weighted by Gasteiger charge is 2.15. The minimum absolute atomic E-state index is 0.0775. The Balaban J connectivity index is 2.54. The van der Waals surface area contributed by atoms with Crippen molar-refractivity contribution in [1.82, 2.24) is 4.90 Å². The summed E-state index contributed by atoms with van der Waals surface area (Å²) in [5.41, 5.74) is 3.15. The first-order valence-electron chi connectivity index (χ1n) is 4.72. The van der Waals surface area contributed by atoms with Crippen LogP contribution in [-0.4, -0.2) is 17.9 Å². The number of amides is 1. The Bertz CT molecular complexity index is 407. The normalized spacial score (nSPS) is 15.3. The van der Waals surface area contributed by atoms with E-state index in [1.54, 1.807) is 11.9 Å². The zero-order chi connectivity index (χ0) is 10.1. The molecule has 1 aliphatic heterocycles. The van der Waals surface area contributed by atoms with E-state index in [2.05, 4.69) is 6.07 Å². The van der Waals surface area contributed by atoms with Gasteiger partial charge in [-0.3, -0.25) is 4.79 Å². The maximum absolute atomic E-state index is 11.8. The van der Waals surface area contributed by atoms with Crippen LogP contribution in [0.15, 0.2) is 30.5 Å². The molecule has 1 aromatic carbocycles. The lowest BCUT2D eigenvalue weighted by Gasteiger charge is -2.11. The number of benzene rings is 1. The lowest BCUT2D eigenvalue weighted by molar-refractivity contribution is 0.0851. The topological polar surface area (TPSA) is 20.3 Å². The van der Waals surface area contributed by atoms with E-state index in [4.69, 9.17) is 0 Å². The number of hydrogen-bond acceptors (Lipinski definition) is 1. The molecule has 0 N–H and O–H groups in total. The third kappa shape index (κ3) is 1.43. The van der Waals surface area contributed by atoms with E-state index in [0.29, 0.717) is 0 Å². The van der Waals surface area contributed by atoms with Gasteiger partial charge in [-0.1, -0.05) is 23.8 Å². The van der Waals surface area contributed by atoms with Crippen LogP contribution in [0, 0.1) is 6.92 Å². The molecule has 72 valence electrons.